The lowest BCUT2D eigenvalue weighted by Gasteiger charge is -2.33. The number of hydrogen-bond acceptors (Lipinski definition) is 5. The summed E-state index contributed by atoms with van der Waals surface area (Å²) in [5.41, 5.74) is -0.803. The molecule has 2 aliphatic rings. The summed E-state index contributed by atoms with van der Waals surface area (Å²) < 4.78 is 32.4. The second-order valence-electron chi connectivity index (χ2n) is 7.09. The van der Waals surface area contributed by atoms with Crippen molar-refractivity contribution in [3.8, 4) is 5.75 Å². The van der Waals surface area contributed by atoms with Gasteiger partial charge in [-0.1, -0.05) is 60.7 Å². The van der Waals surface area contributed by atoms with E-state index in [1.807, 2.05) is 0 Å². The van der Waals surface area contributed by atoms with Crippen LogP contribution in [0, 0.1) is 0 Å². The molecule has 3 aromatic carbocycles. The number of hydrogen-bond donors (Lipinski definition) is 1. The average molecular weight is 392 g/mol. The molecule has 0 amide bonds. The van der Waals surface area contributed by atoms with Crippen LogP contribution in [0.25, 0.3) is 0 Å². The van der Waals surface area contributed by atoms with E-state index in [1.54, 1.807) is 66.7 Å². The van der Waals surface area contributed by atoms with Crippen molar-refractivity contribution in [1.29, 1.82) is 0 Å². The van der Waals surface area contributed by atoms with Crippen molar-refractivity contribution in [2.24, 2.45) is 0 Å². The normalized spacial score (nSPS) is 25.0. The first kappa shape index (κ1) is 17.2. The van der Waals surface area contributed by atoms with Crippen LogP contribution < -0.4 is 4.74 Å². The highest BCUT2D eigenvalue weighted by atomic mass is 32.2. The molecule has 2 atom stereocenters. The first-order valence-electron chi connectivity index (χ1n) is 8.83. The zero-order valence-electron chi connectivity index (χ0n) is 14.7. The van der Waals surface area contributed by atoms with Gasteiger partial charge in [0.05, 0.1) is 10.6 Å². The monoisotopic (exact) mass is 392 g/mol. The summed E-state index contributed by atoms with van der Waals surface area (Å²) in [5.74, 6) is -2.80. The molecule has 0 saturated carbocycles. The molecule has 1 heterocycles. The Morgan fingerprint density at radius 2 is 1.43 bits per heavy atom. The summed E-state index contributed by atoms with van der Waals surface area (Å²) in [7, 11) is -3.90. The summed E-state index contributed by atoms with van der Waals surface area (Å²) in [6, 6.07) is 21.2. The highest BCUT2D eigenvalue weighted by Crippen LogP contribution is 2.60. The number of aliphatic hydroxyl groups is 1. The Labute approximate surface area is 162 Å². The number of ether oxygens (including phenoxy) is 1. The summed E-state index contributed by atoms with van der Waals surface area (Å²) >= 11 is 0. The van der Waals surface area contributed by atoms with E-state index in [-0.39, 0.29) is 10.5 Å². The van der Waals surface area contributed by atoms with Gasteiger partial charge >= 0.3 is 0 Å². The molecule has 0 aromatic heterocycles. The minimum absolute atomic E-state index is 0.0971. The fourth-order valence-corrected chi connectivity index (χ4v) is 6.13. The maximum atomic E-state index is 13.6. The molecule has 0 fully saturated rings. The molecule has 3 aromatic rings. The number of para-hydroxylation sites is 1. The predicted octanol–water partition coefficient (Wildman–Crippen LogP) is 2.83. The summed E-state index contributed by atoms with van der Waals surface area (Å²) in [6.45, 7) is 0. The average Bonchev–Trinajstić information content (AvgIpc) is 3.06. The van der Waals surface area contributed by atoms with Crippen molar-refractivity contribution in [1.82, 2.24) is 0 Å². The van der Waals surface area contributed by atoms with Gasteiger partial charge < -0.3 is 9.84 Å². The summed E-state index contributed by atoms with van der Waals surface area (Å²) in [4.78, 5) is 13.7. The molecule has 5 rings (SSSR count). The van der Waals surface area contributed by atoms with Gasteiger partial charge in [0.25, 0.3) is 5.79 Å². The number of rotatable bonds is 3. The van der Waals surface area contributed by atoms with E-state index >= 15 is 0 Å². The van der Waals surface area contributed by atoms with E-state index in [0.717, 1.165) is 0 Å². The van der Waals surface area contributed by atoms with E-state index in [1.165, 1.54) is 12.1 Å². The summed E-state index contributed by atoms with van der Waals surface area (Å²) in [6.07, 6.45) is 0. The molecule has 1 aliphatic heterocycles. The minimum Gasteiger partial charge on any atom is -0.456 e. The molecule has 2 unspecified atom stereocenters. The van der Waals surface area contributed by atoms with Crippen LogP contribution in [0.4, 0.5) is 0 Å². The number of carbonyl (C=O) groups is 1. The van der Waals surface area contributed by atoms with Gasteiger partial charge in [-0.05, 0) is 18.2 Å². The van der Waals surface area contributed by atoms with Crippen molar-refractivity contribution in [3.63, 3.8) is 0 Å². The molecule has 0 saturated heterocycles. The lowest BCUT2D eigenvalue weighted by molar-refractivity contribution is -0.158. The molecule has 1 N–H and O–H groups in total. The van der Waals surface area contributed by atoms with Gasteiger partial charge in [0, 0.05) is 16.7 Å². The van der Waals surface area contributed by atoms with Gasteiger partial charge in [-0.3, -0.25) is 4.79 Å². The first-order chi connectivity index (χ1) is 13.4. The van der Waals surface area contributed by atoms with Crippen molar-refractivity contribution in [2.45, 2.75) is 16.1 Å². The van der Waals surface area contributed by atoms with Crippen molar-refractivity contribution < 1.29 is 23.1 Å². The third-order valence-corrected chi connectivity index (χ3v) is 7.42. The Bertz CT molecular complexity index is 1220. The van der Waals surface area contributed by atoms with Crippen LogP contribution in [0.15, 0.2) is 83.8 Å². The number of sulfone groups is 1. The minimum atomic E-state index is -3.90. The van der Waals surface area contributed by atoms with Gasteiger partial charge in [0.2, 0.25) is 0 Å². The Morgan fingerprint density at radius 1 is 0.821 bits per heavy atom. The van der Waals surface area contributed by atoms with Crippen molar-refractivity contribution in [2.75, 3.05) is 5.75 Å². The van der Waals surface area contributed by atoms with Crippen molar-refractivity contribution >= 4 is 15.6 Å². The van der Waals surface area contributed by atoms with Gasteiger partial charge in [-0.25, -0.2) is 8.42 Å². The fraction of sp³-hybridized carbons (Fsp3) is 0.136. The van der Waals surface area contributed by atoms with Crippen molar-refractivity contribution in [3.05, 3.63) is 95.6 Å². The predicted molar refractivity (Wildman–Crippen MR) is 102 cm³/mol. The van der Waals surface area contributed by atoms with Gasteiger partial charge in [0.1, 0.15) is 11.2 Å². The fourth-order valence-electron chi connectivity index (χ4n) is 4.34. The molecule has 1 aliphatic carbocycles. The van der Waals surface area contributed by atoms with Crippen LogP contribution in [0.3, 0.4) is 0 Å². The molecule has 5 nitrogen and oxygen atoms in total. The zero-order valence-corrected chi connectivity index (χ0v) is 15.5. The zero-order chi connectivity index (χ0) is 19.6. The van der Waals surface area contributed by atoms with Gasteiger partial charge in [0.15, 0.2) is 15.6 Å². The largest absolute Gasteiger partial charge is 0.456 e. The van der Waals surface area contributed by atoms with E-state index in [9.17, 15) is 18.3 Å². The topological polar surface area (TPSA) is 80.7 Å². The van der Waals surface area contributed by atoms with Gasteiger partial charge in [-0.2, -0.15) is 0 Å². The smallest absolute Gasteiger partial charge is 0.254 e. The Kier molecular flexibility index (Phi) is 3.39. The number of benzene rings is 3. The van der Waals surface area contributed by atoms with E-state index in [4.69, 9.17) is 4.74 Å². The molecule has 0 bridgehead atoms. The molecular weight excluding hydrogens is 376 g/mol. The lowest BCUT2D eigenvalue weighted by Crippen LogP contribution is -2.53. The third kappa shape index (κ3) is 1.99. The molecule has 0 spiro atoms. The number of ketones is 1. The molecular formula is C22H16O5S. The highest BCUT2D eigenvalue weighted by Gasteiger charge is 2.71. The van der Waals surface area contributed by atoms with E-state index in [0.29, 0.717) is 16.9 Å². The third-order valence-electron chi connectivity index (χ3n) is 5.62. The van der Waals surface area contributed by atoms with Crippen LogP contribution in [0.2, 0.25) is 0 Å². The molecule has 28 heavy (non-hydrogen) atoms. The quantitative estimate of drug-likeness (QED) is 0.741. The Morgan fingerprint density at radius 3 is 2.18 bits per heavy atom. The standard InChI is InChI=1S/C22H16O5S/c23-20-16-10-4-5-11-17(16)22(24)21(20,18-12-6-7-13-19(18)27-22)14-28(25,26)15-8-2-1-3-9-15/h1-13,24H,14H2. The second kappa shape index (κ2) is 5.53. The van der Waals surface area contributed by atoms with Crippen LogP contribution in [-0.2, 0) is 21.0 Å². The first-order valence-corrected chi connectivity index (χ1v) is 10.5. The Balaban J connectivity index is 1.78. The number of Topliss-reactive ketones (excluding diaryl/α,β-unsaturated/α-hetero) is 1. The number of fused-ring (bicyclic) bond motifs is 5. The van der Waals surface area contributed by atoms with Crippen LogP contribution >= 0.6 is 0 Å². The molecule has 140 valence electrons. The summed E-state index contributed by atoms with van der Waals surface area (Å²) in [5, 5.41) is 11.6. The molecule has 0 radical (unpaired) electrons. The second-order valence-corrected chi connectivity index (χ2v) is 9.08. The Hall–Kier alpha value is -2.96. The van der Waals surface area contributed by atoms with Crippen LogP contribution in [-0.4, -0.2) is 25.1 Å². The van der Waals surface area contributed by atoms with E-state index in [2.05, 4.69) is 0 Å². The van der Waals surface area contributed by atoms with Gasteiger partial charge in [-0.15, -0.1) is 0 Å². The highest BCUT2D eigenvalue weighted by molar-refractivity contribution is 7.91. The van der Waals surface area contributed by atoms with Crippen LogP contribution in [0.5, 0.6) is 5.75 Å². The maximum Gasteiger partial charge on any atom is 0.254 e. The number of carbonyl (C=O) groups excluding carboxylic acids is 1. The SMILES string of the molecule is O=C1c2ccccc2C2(O)Oc3ccccc3C12CS(=O)(=O)c1ccccc1. The molecule has 6 heteroatoms. The van der Waals surface area contributed by atoms with Crippen LogP contribution in [0.1, 0.15) is 21.5 Å². The van der Waals surface area contributed by atoms with E-state index < -0.39 is 32.6 Å². The maximum absolute atomic E-state index is 13.6. The lowest BCUT2D eigenvalue weighted by atomic mass is 9.76.